The first-order chi connectivity index (χ1) is 11.3. The van der Waals surface area contributed by atoms with Gasteiger partial charge in [-0.15, -0.1) is 0 Å². The number of hydrogen-bond donors (Lipinski definition) is 0. The fraction of sp³-hybridized carbons (Fsp3) is 0.684. The maximum Gasteiger partial charge on any atom is 0.514 e. The van der Waals surface area contributed by atoms with E-state index in [0.29, 0.717) is 0 Å². The van der Waals surface area contributed by atoms with Crippen molar-refractivity contribution in [3.63, 3.8) is 0 Å². The standard InChI is InChI=1S/C19H29BN2O3/c1-16(2)11-13(12-17(3,4)23-16)15-21-10-9-14(22-15)20-24-18(5,6)19(7,8)25-20/h9-11H,12H2,1-8H3. The van der Waals surface area contributed by atoms with Crippen molar-refractivity contribution in [2.45, 2.75) is 84.2 Å². The van der Waals surface area contributed by atoms with Crippen LogP contribution in [0.3, 0.4) is 0 Å². The van der Waals surface area contributed by atoms with E-state index in [1.165, 1.54) is 0 Å². The summed E-state index contributed by atoms with van der Waals surface area (Å²) in [6.45, 7) is 16.5. The third kappa shape index (κ3) is 3.66. The minimum Gasteiger partial charge on any atom is -0.398 e. The van der Waals surface area contributed by atoms with Crippen molar-refractivity contribution in [3.05, 3.63) is 24.2 Å². The molecule has 6 heteroatoms. The van der Waals surface area contributed by atoms with E-state index in [-0.39, 0.29) is 22.4 Å². The molecule has 3 rings (SSSR count). The van der Waals surface area contributed by atoms with Gasteiger partial charge in [0.25, 0.3) is 0 Å². The molecule has 0 unspecified atom stereocenters. The molecule has 0 spiro atoms. The Bertz CT molecular complexity index is 694. The zero-order valence-electron chi connectivity index (χ0n) is 16.6. The maximum atomic E-state index is 6.12. The van der Waals surface area contributed by atoms with Crippen LogP contribution < -0.4 is 5.59 Å². The summed E-state index contributed by atoms with van der Waals surface area (Å²) in [6, 6.07) is 1.86. The lowest BCUT2D eigenvalue weighted by Gasteiger charge is -2.39. The van der Waals surface area contributed by atoms with Gasteiger partial charge in [-0.25, -0.2) is 9.97 Å². The van der Waals surface area contributed by atoms with Crippen LogP contribution in [0.1, 0.15) is 67.6 Å². The van der Waals surface area contributed by atoms with Crippen molar-refractivity contribution in [2.24, 2.45) is 0 Å². The molecule has 3 heterocycles. The van der Waals surface area contributed by atoms with Crippen LogP contribution >= 0.6 is 0 Å². The number of ether oxygens (including phenoxy) is 1. The lowest BCUT2D eigenvalue weighted by molar-refractivity contribution is -0.100. The molecule has 136 valence electrons. The zero-order chi connectivity index (χ0) is 18.7. The summed E-state index contributed by atoms with van der Waals surface area (Å²) in [5, 5.41) is 0. The second-order valence-corrected chi connectivity index (χ2v) is 9.20. The quantitative estimate of drug-likeness (QED) is 0.772. The average Bonchev–Trinajstić information content (AvgIpc) is 2.64. The van der Waals surface area contributed by atoms with Crippen LogP contribution in [0.15, 0.2) is 18.3 Å². The Morgan fingerprint density at radius 3 is 2.12 bits per heavy atom. The van der Waals surface area contributed by atoms with E-state index in [1.807, 2.05) is 33.8 Å². The molecule has 25 heavy (non-hydrogen) atoms. The molecule has 0 saturated carbocycles. The van der Waals surface area contributed by atoms with Gasteiger partial charge in [0.15, 0.2) is 5.82 Å². The molecule has 1 saturated heterocycles. The Morgan fingerprint density at radius 2 is 1.56 bits per heavy atom. The molecule has 5 nitrogen and oxygen atoms in total. The molecule has 1 aromatic heterocycles. The van der Waals surface area contributed by atoms with Crippen molar-refractivity contribution in [1.82, 2.24) is 9.97 Å². The van der Waals surface area contributed by atoms with E-state index in [1.54, 1.807) is 6.20 Å². The van der Waals surface area contributed by atoms with Crippen molar-refractivity contribution >= 4 is 18.3 Å². The monoisotopic (exact) mass is 344 g/mol. The van der Waals surface area contributed by atoms with Crippen LogP contribution in [-0.2, 0) is 14.0 Å². The van der Waals surface area contributed by atoms with Gasteiger partial charge in [-0.3, -0.25) is 0 Å². The highest BCUT2D eigenvalue weighted by Crippen LogP contribution is 2.38. The second kappa shape index (κ2) is 5.63. The molecule has 0 atom stereocenters. The fourth-order valence-corrected chi connectivity index (χ4v) is 3.47. The average molecular weight is 344 g/mol. The Kier molecular flexibility index (Phi) is 4.18. The van der Waals surface area contributed by atoms with Crippen LogP contribution in [0, 0.1) is 0 Å². The minimum atomic E-state index is -0.479. The first-order valence-corrected chi connectivity index (χ1v) is 8.91. The summed E-state index contributed by atoms with van der Waals surface area (Å²) in [5.41, 5.74) is 0.485. The molecule has 0 amide bonds. The molecule has 0 radical (unpaired) electrons. The van der Waals surface area contributed by atoms with Gasteiger partial charge in [-0.2, -0.15) is 0 Å². The van der Waals surface area contributed by atoms with Crippen LogP contribution in [0.4, 0.5) is 0 Å². The number of rotatable bonds is 2. The SMILES string of the molecule is CC1(C)C=C(c2nccc(B3OC(C)(C)C(C)(C)O3)n2)CC(C)(C)O1. The first kappa shape index (κ1) is 18.6. The van der Waals surface area contributed by atoms with Crippen molar-refractivity contribution < 1.29 is 14.0 Å². The molecule has 0 N–H and O–H groups in total. The summed E-state index contributed by atoms with van der Waals surface area (Å²) in [5.74, 6) is 0.719. The zero-order valence-corrected chi connectivity index (χ0v) is 16.6. The lowest BCUT2D eigenvalue weighted by Crippen LogP contribution is -2.41. The number of nitrogens with zero attached hydrogens (tertiary/aromatic N) is 2. The second-order valence-electron chi connectivity index (χ2n) is 9.20. The summed E-state index contributed by atoms with van der Waals surface area (Å²) < 4.78 is 18.4. The largest absolute Gasteiger partial charge is 0.514 e. The van der Waals surface area contributed by atoms with Crippen LogP contribution in [-0.4, -0.2) is 39.5 Å². The Balaban J connectivity index is 1.92. The van der Waals surface area contributed by atoms with Gasteiger partial charge in [0.05, 0.1) is 28.0 Å². The molecular formula is C19H29BN2O3. The van der Waals surface area contributed by atoms with Gasteiger partial charge in [-0.05, 0) is 73.1 Å². The summed E-state index contributed by atoms with van der Waals surface area (Å²) >= 11 is 0. The number of hydrogen-bond acceptors (Lipinski definition) is 5. The highest BCUT2D eigenvalue weighted by molar-refractivity contribution is 6.61. The molecule has 1 fully saturated rings. The lowest BCUT2D eigenvalue weighted by atomic mass is 9.84. The van der Waals surface area contributed by atoms with Gasteiger partial charge in [0.1, 0.15) is 0 Å². The number of aromatic nitrogens is 2. The fourth-order valence-electron chi connectivity index (χ4n) is 3.47. The van der Waals surface area contributed by atoms with Crippen LogP contribution in [0.25, 0.3) is 5.57 Å². The Labute approximate surface area is 151 Å². The van der Waals surface area contributed by atoms with Crippen molar-refractivity contribution in [2.75, 3.05) is 0 Å². The van der Waals surface area contributed by atoms with E-state index < -0.39 is 7.12 Å². The van der Waals surface area contributed by atoms with Gasteiger partial charge in [0.2, 0.25) is 0 Å². The van der Waals surface area contributed by atoms with Crippen LogP contribution in [0.2, 0.25) is 0 Å². The molecular weight excluding hydrogens is 315 g/mol. The van der Waals surface area contributed by atoms with E-state index in [9.17, 15) is 0 Å². The molecule has 0 aliphatic carbocycles. The molecule has 0 bridgehead atoms. The van der Waals surface area contributed by atoms with E-state index in [2.05, 4.69) is 38.8 Å². The molecule has 2 aliphatic heterocycles. The van der Waals surface area contributed by atoms with Crippen LogP contribution in [0.5, 0.6) is 0 Å². The predicted molar refractivity (Wildman–Crippen MR) is 99.6 cm³/mol. The molecule has 0 aromatic carbocycles. The topological polar surface area (TPSA) is 53.5 Å². The van der Waals surface area contributed by atoms with Gasteiger partial charge >= 0.3 is 7.12 Å². The van der Waals surface area contributed by atoms with E-state index in [0.717, 1.165) is 23.4 Å². The van der Waals surface area contributed by atoms with Gasteiger partial charge in [0, 0.05) is 12.6 Å². The third-order valence-corrected chi connectivity index (χ3v) is 5.14. The van der Waals surface area contributed by atoms with E-state index >= 15 is 0 Å². The normalized spacial score (nSPS) is 26.4. The molecule has 1 aromatic rings. The Morgan fingerprint density at radius 1 is 0.960 bits per heavy atom. The Hall–Kier alpha value is -1.24. The highest BCUT2D eigenvalue weighted by atomic mass is 16.7. The summed E-state index contributed by atoms with van der Waals surface area (Å²) in [7, 11) is -0.479. The highest BCUT2D eigenvalue weighted by Gasteiger charge is 2.52. The first-order valence-electron chi connectivity index (χ1n) is 8.91. The predicted octanol–water partition coefficient (Wildman–Crippen LogP) is 3.14. The van der Waals surface area contributed by atoms with Gasteiger partial charge < -0.3 is 14.0 Å². The minimum absolute atomic E-state index is 0.253. The smallest absolute Gasteiger partial charge is 0.398 e. The molecule has 2 aliphatic rings. The van der Waals surface area contributed by atoms with E-state index in [4.69, 9.17) is 19.0 Å². The van der Waals surface area contributed by atoms with Gasteiger partial charge in [-0.1, -0.05) is 0 Å². The van der Waals surface area contributed by atoms with Crippen molar-refractivity contribution in [1.29, 1.82) is 0 Å². The third-order valence-electron chi connectivity index (χ3n) is 5.14. The summed E-state index contributed by atoms with van der Waals surface area (Å²) in [4.78, 5) is 9.25. The summed E-state index contributed by atoms with van der Waals surface area (Å²) in [6.07, 6.45) is 4.66. The van der Waals surface area contributed by atoms with Crippen molar-refractivity contribution in [3.8, 4) is 0 Å². The maximum absolute atomic E-state index is 6.12.